The highest BCUT2D eigenvalue weighted by molar-refractivity contribution is 5.95. The Morgan fingerprint density at radius 3 is 2.59 bits per heavy atom. The molecule has 2 N–H and O–H groups in total. The lowest BCUT2D eigenvalue weighted by Gasteiger charge is -2.36. The van der Waals surface area contributed by atoms with Gasteiger partial charge in [-0.1, -0.05) is 0 Å². The highest BCUT2D eigenvalue weighted by Gasteiger charge is 2.36. The second-order valence-electron chi connectivity index (χ2n) is 7.31. The molecule has 0 radical (unpaired) electrons. The van der Waals surface area contributed by atoms with Crippen molar-refractivity contribution < 1.29 is 18.7 Å². The van der Waals surface area contributed by atoms with E-state index in [1.807, 2.05) is 6.07 Å². The van der Waals surface area contributed by atoms with Crippen molar-refractivity contribution in [3.05, 3.63) is 35.1 Å². The topological polar surface area (TPSA) is 91.2 Å². The van der Waals surface area contributed by atoms with E-state index >= 15 is 0 Å². The summed E-state index contributed by atoms with van der Waals surface area (Å²) in [5, 5.41) is 14.7. The standard InChI is InChI=1S/C20H24FN3O3/c1-27-18-8-6-13(19(25)23-14-3-2-4-14)10-17(18)24-20(26)15-7-5-12(11-22)9-16(15)21/h5,7,9,13-14,17-18H,2-4,6,8,10H2,1H3,(H,23,25)(H,24,26)/t13-,17+,18+/m0/s1. The van der Waals surface area contributed by atoms with Crippen LogP contribution in [0.2, 0.25) is 0 Å². The Balaban J connectivity index is 1.66. The van der Waals surface area contributed by atoms with Crippen LogP contribution in [0.3, 0.4) is 0 Å². The third kappa shape index (κ3) is 4.45. The number of nitrogens with one attached hydrogen (secondary N) is 2. The number of hydrogen-bond donors (Lipinski definition) is 2. The maximum atomic E-state index is 14.1. The molecule has 3 atom stereocenters. The summed E-state index contributed by atoms with van der Waals surface area (Å²) in [6.07, 6.45) is 4.79. The molecule has 2 aliphatic carbocycles. The van der Waals surface area contributed by atoms with Crippen LogP contribution in [0.25, 0.3) is 0 Å². The summed E-state index contributed by atoms with van der Waals surface area (Å²) in [6.45, 7) is 0. The van der Waals surface area contributed by atoms with E-state index in [1.54, 1.807) is 7.11 Å². The number of carbonyl (C=O) groups is 2. The first kappa shape index (κ1) is 19.3. The number of methoxy groups -OCH3 is 1. The molecule has 1 aromatic carbocycles. The molecule has 0 bridgehead atoms. The Labute approximate surface area is 158 Å². The van der Waals surface area contributed by atoms with Crippen molar-refractivity contribution in [2.75, 3.05) is 7.11 Å². The molecule has 2 fully saturated rings. The number of nitriles is 1. The van der Waals surface area contributed by atoms with Gasteiger partial charge in [-0.25, -0.2) is 4.39 Å². The molecule has 2 aliphatic rings. The van der Waals surface area contributed by atoms with Crippen molar-refractivity contribution in [2.45, 2.75) is 56.7 Å². The van der Waals surface area contributed by atoms with Crippen molar-refractivity contribution >= 4 is 11.8 Å². The van der Waals surface area contributed by atoms with E-state index in [0.29, 0.717) is 19.3 Å². The average Bonchev–Trinajstić information content (AvgIpc) is 2.64. The molecule has 2 saturated carbocycles. The quantitative estimate of drug-likeness (QED) is 0.828. The number of benzene rings is 1. The zero-order valence-electron chi connectivity index (χ0n) is 15.3. The summed E-state index contributed by atoms with van der Waals surface area (Å²) < 4.78 is 19.6. The van der Waals surface area contributed by atoms with Crippen LogP contribution in [-0.4, -0.2) is 37.1 Å². The highest BCUT2D eigenvalue weighted by Crippen LogP contribution is 2.28. The molecule has 0 heterocycles. The van der Waals surface area contributed by atoms with Crippen LogP contribution in [0, 0.1) is 23.1 Å². The first-order chi connectivity index (χ1) is 13.0. The molecule has 0 unspecified atom stereocenters. The first-order valence-corrected chi connectivity index (χ1v) is 9.35. The number of halogens is 1. The molecule has 3 rings (SSSR count). The SMILES string of the molecule is CO[C@@H]1CC[C@H](C(=O)NC2CCC2)C[C@H]1NC(=O)c1ccc(C#N)cc1F. The minimum absolute atomic E-state index is 0.0260. The van der Waals surface area contributed by atoms with E-state index in [-0.39, 0.29) is 41.1 Å². The first-order valence-electron chi connectivity index (χ1n) is 9.35. The van der Waals surface area contributed by atoms with E-state index in [1.165, 1.54) is 12.1 Å². The number of ether oxygens (including phenoxy) is 1. The number of amides is 2. The van der Waals surface area contributed by atoms with Gasteiger partial charge in [0.1, 0.15) is 5.82 Å². The minimum atomic E-state index is -0.740. The van der Waals surface area contributed by atoms with Crippen molar-refractivity contribution in [1.82, 2.24) is 10.6 Å². The number of hydrogen-bond acceptors (Lipinski definition) is 4. The van der Waals surface area contributed by atoms with Crippen molar-refractivity contribution in [2.24, 2.45) is 5.92 Å². The number of nitrogens with zero attached hydrogens (tertiary/aromatic N) is 1. The Morgan fingerprint density at radius 2 is 2.00 bits per heavy atom. The fourth-order valence-electron chi connectivity index (χ4n) is 3.70. The molecule has 1 aromatic rings. The Kier molecular flexibility index (Phi) is 6.07. The molecule has 144 valence electrons. The molecule has 0 spiro atoms. The molecule has 0 saturated heterocycles. The van der Waals surface area contributed by atoms with Gasteiger partial charge in [-0.2, -0.15) is 5.26 Å². The van der Waals surface area contributed by atoms with E-state index < -0.39 is 11.7 Å². The molecular weight excluding hydrogens is 349 g/mol. The van der Waals surface area contributed by atoms with Crippen LogP contribution in [0.15, 0.2) is 18.2 Å². The fraction of sp³-hybridized carbons (Fsp3) is 0.550. The Morgan fingerprint density at radius 1 is 1.22 bits per heavy atom. The molecule has 0 aromatic heterocycles. The van der Waals surface area contributed by atoms with Gasteiger partial charge < -0.3 is 15.4 Å². The zero-order valence-corrected chi connectivity index (χ0v) is 15.3. The normalized spacial score (nSPS) is 25.1. The zero-order chi connectivity index (χ0) is 19.4. The monoisotopic (exact) mass is 373 g/mol. The van der Waals surface area contributed by atoms with Gasteiger partial charge in [0, 0.05) is 19.1 Å². The molecule has 2 amide bonds. The molecule has 0 aliphatic heterocycles. The van der Waals surface area contributed by atoms with Crippen molar-refractivity contribution in [3.63, 3.8) is 0 Å². The minimum Gasteiger partial charge on any atom is -0.379 e. The third-order valence-electron chi connectivity index (χ3n) is 5.57. The van der Waals surface area contributed by atoms with Crippen LogP contribution >= 0.6 is 0 Å². The number of rotatable bonds is 5. The molecule has 27 heavy (non-hydrogen) atoms. The van der Waals surface area contributed by atoms with Crippen LogP contribution < -0.4 is 10.6 Å². The second kappa shape index (κ2) is 8.49. The van der Waals surface area contributed by atoms with E-state index in [0.717, 1.165) is 25.3 Å². The lowest BCUT2D eigenvalue weighted by atomic mass is 9.82. The van der Waals surface area contributed by atoms with E-state index in [2.05, 4.69) is 10.6 Å². The summed E-state index contributed by atoms with van der Waals surface area (Å²) in [5.41, 5.74) is 0.0362. The van der Waals surface area contributed by atoms with Gasteiger partial charge >= 0.3 is 0 Å². The number of carbonyl (C=O) groups excluding carboxylic acids is 2. The maximum absolute atomic E-state index is 14.1. The predicted octanol–water partition coefficient (Wildman–Crippen LogP) is 2.28. The molecule has 6 nitrogen and oxygen atoms in total. The summed E-state index contributed by atoms with van der Waals surface area (Å²) in [6, 6.07) is 5.49. The molecule has 7 heteroatoms. The lowest BCUT2D eigenvalue weighted by Crippen LogP contribution is -2.51. The van der Waals surface area contributed by atoms with E-state index in [9.17, 15) is 14.0 Å². The summed E-state index contributed by atoms with van der Waals surface area (Å²) in [7, 11) is 1.57. The van der Waals surface area contributed by atoms with Crippen molar-refractivity contribution in [3.8, 4) is 6.07 Å². The fourth-order valence-corrected chi connectivity index (χ4v) is 3.70. The predicted molar refractivity (Wildman–Crippen MR) is 96.3 cm³/mol. The summed E-state index contributed by atoms with van der Waals surface area (Å²) >= 11 is 0. The lowest BCUT2D eigenvalue weighted by molar-refractivity contribution is -0.128. The van der Waals surface area contributed by atoms with Gasteiger partial charge in [-0.05, 0) is 56.7 Å². The van der Waals surface area contributed by atoms with Gasteiger partial charge in [-0.3, -0.25) is 9.59 Å². The summed E-state index contributed by atoms with van der Waals surface area (Å²) in [4.78, 5) is 25.0. The highest BCUT2D eigenvalue weighted by atomic mass is 19.1. The van der Waals surface area contributed by atoms with Gasteiger partial charge in [0.15, 0.2) is 0 Å². The summed E-state index contributed by atoms with van der Waals surface area (Å²) in [5.74, 6) is -1.47. The maximum Gasteiger partial charge on any atom is 0.254 e. The molecular formula is C20H24FN3O3. The van der Waals surface area contributed by atoms with Crippen LogP contribution in [0.4, 0.5) is 4.39 Å². The van der Waals surface area contributed by atoms with Gasteiger partial charge in [0.2, 0.25) is 5.91 Å². The van der Waals surface area contributed by atoms with Crippen LogP contribution in [0.1, 0.15) is 54.4 Å². The average molecular weight is 373 g/mol. The van der Waals surface area contributed by atoms with Crippen LogP contribution in [0.5, 0.6) is 0 Å². The largest absolute Gasteiger partial charge is 0.379 e. The third-order valence-corrected chi connectivity index (χ3v) is 5.57. The Hall–Kier alpha value is -2.46. The van der Waals surface area contributed by atoms with Gasteiger partial charge in [0.05, 0.1) is 29.3 Å². The smallest absolute Gasteiger partial charge is 0.254 e. The van der Waals surface area contributed by atoms with Crippen molar-refractivity contribution in [1.29, 1.82) is 5.26 Å². The van der Waals surface area contributed by atoms with Gasteiger partial charge in [0.25, 0.3) is 5.91 Å². The second-order valence-corrected chi connectivity index (χ2v) is 7.31. The van der Waals surface area contributed by atoms with Crippen LogP contribution in [-0.2, 0) is 9.53 Å². The Bertz CT molecular complexity index is 757. The van der Waals surface area contributed by atoms with Gasteiger partial charge in [-0.15, -0.1) is 0 Å². The van der Waals surface area contributed by atoms with E-state index in [4.69, 9.17) is 10.00 Å².